The Morgan fingerprint density at radius 1 is 1.36 bits per heavy atom. The van der Waals surface area contributed by atoms with E-state index in [0.717, 1.165) is 6.42 Å². The molecule has 0 aliphatic rings. The second kappa shape index (κ2) is 5.21. The number of ether oxygens (including phenoxy) is 1. The van der Waals surface area contributed by atoms with Crippen molar-refractivity contribution in [3.05, 3.63) is 0 Å². The quantitative estimate of drug-likeness (QED) is 0.448. The molecular weight excluding hydrogens is 136 g/mol. The fourth-order valence-corrected chi connectivity index (χ4v) is 0.592. The molecule has 0 spiro atoms. The van der Waals surface area contributed by atoms with Gasteiger partial charge in [-0.15, -0.1) is 5.92 Å². The molecule has 0 aromatic heterocycles. The topological polar surface area (TPSA) is 9.23 Å². The molecule has 0 saturated carbocycles. The molecule has 0 aromatic carbocycles. The molecule has 1 heteroatoms. The SMILES string of the molecule is CCCCC#CC(C)(C)OC. The first kappa shape index (κ1) is 10.5. The van der Waals surface area contributed by atoms with Crippen LogP contribution in [0.1, 0.15) is 40.0 Å². The van der Waals surface area contributed by atoms with E-state index in [1.54, 1.807) is 7.11 Å². The highest BCUT2D eigenvalue weighted by Gasteiger charge is 2.09. The summed E-state index contributed by atoms with van der Waals surface area (Å²) >= 11 is 0. The summed E-state index contributed by atoms with van der Waals surface area (Å²) in [4.78, 5) is 0. The number of methoxy groups -OCH3 is 1. The van der Waals surface area contributed by atoms with Crippen molar-refractivity contribution in [1.82, 2.24) is 0 Å². The minimum atomic E-state index is -0.270. The Labute approximate surface area is 70.1 Å². The van der Waals surface area contributed by atoms with E-state index in [1.807, 2.05) is 13.8 Å². The Balaban J connectivity index is 3.67. The van der Waals surface area contributed by atoms with Gasteiger partial charge in [-0.3, -0.25) is 0 Å². The summed E-state index contributed by atoms with van der Waals surface area (Å²) in [5, 5.41) is 0. The van der Waals surface area contributed by atoms with E-state index >= 15 is 0 Å². The average Bonchev–Trinajstić information content (AvgIpc) is 1.99. The molecule has 1 nitrogen and oxygen atoms in total. The number of unbranched alkanes of at least 4 members (excludes halogenated alkanes) is 2. The van der Waals surface area contributed by atoms with Gasteiger partial charge in [-0.2, -0.15) is 0 Å². The van der Waals surface area contributed by atoms with Gasteiger partial charge in [-0.05, 0) is 20.3 Å². The second-order valence-electron chi connectivity index (χ2n) is 3.12. The third-order valence-corrected chi connectivity index (χ3v) is 1.56. The molecule has 0 rings (SSSR count). The van der Waals surface area contributed by atoms with E-state index in [1.165, 1.54) is 12.8 Å². The summed E-state index contributed by atoms with van der Waals surface area (Å²) in [6.45, 7) is 6.13. The Morgan fingerprint density at radius 3 is 2.45 bits per heavy atom. The smallest absolute Gasteiger partial charge is 0.122 e. The van der Waals surface area contributed by atoms with E-state index in [2.05, 4.69) is 18.8 Å². The summed E-state index contributed by atoms with van der Waals surface area (Å²) in [5.41, 5.74) is -0.270. The van der Waals surface area contributed by atoms with Crippen LogP contribution in [0.25, 0.3) is 0 Å². The normalized spacial score (nSPS) is 10.5. The zero-order chi connectivity index (χ0) is 8.74. The molecule has 64 valence electrons. The van der Waals surface area contributed by atoms with Gasteiger partial charge in [-0.25, -0.2) is 0 Å². The highest BCUT2D eigenvalue weighted by molar-refractivity contribution is 5.10. The third-order valence-electron chi connectivity index (χ3n) is 1.56. The predicted octanol–water partition coefficient (Wildman–Crippen LogP) is 2.61. The molecule has 0 heterocycles. The Bertz CT molecular complexity index is 148. The first-order valence-corrected chi connectivity index (χ1v) is 4.17. The highest BCUT2D eigenvalue weighted by atomic mass is 16.5. The number of rotatable bonds is 3. The van der Waals surface area contributed by atoms with Gasteiger partial charge < -0.3 is 4.74 Å². The number of hydrogen-bond acceptors (Lipinski definition) is 1. The first-order chi connectivity index (χ1) is 5.12. The van der Waals surface area contributed by atoms with Gasteiger partial charge in [-0.1, -0.05) is 19.3 Å². The van der Waals surface area contributed by atoms with Crippen molar-refractivity contribution in [2.75, 3.05) is 7.11 Å². The third kappa shape index (κ3) is 5.94. The van der Waals surface area contributed by atoms with Crippen molar-refractivity contribution in [2.24, 2.45) is 0 Å². The summed E-state index contributed by atoms with van der Waals surface area (Å²) in [6, 6.07) is 0. The molecule has 0 aromatic rings. The maximum atomic E-state index is 5.14. The molecule has 0 saturated heterocycles. The molecule has 0 N–H and O–H groups in total. The van der Waals surface area contributed by atoms with Crippen LogP contribution in [0.4, 0.5) is 0 Å². The minimum absolute atomic E-state index is 0.270. The average molecular weight is 154 g/mol. The van der Waals surface area contributed by atoms with Crippen molar-refractivity contribution >= 4 is 0 Å². The lowest BCUT2D eigenvalue weighted by atomic mass is 10.1. The van der Waals surface area contributed by atoms with Crippen molar-refractivity contribution < 1.29 is 4.74 Å². The molecule has 0 atom stereocenters. The van der Waals surface area contributed by atoms with E-state index in [9.17, 15) is 0 Å². The van der Waals surface area contributed by atoms with Crippen molar-refractivity contribution in [2.45, 2.75) is 45.6 Å². The summed E-state index contributed by atoms with van der Waals surface area (Å²) in [6.07, 6.45) is 3.39. The standard InChI is InChI=1S/C10H18O/c1-5-6-7-8-9-10(2,3)11-4/h5-7H2,1-4H3. The van der Waals surface area contributed by atoms with Gasteiger partial charge in [0.1, 0.15) is 5.60 Å². The van der Waals surface area contributed by atoms with Crippen LogP contribution in [-0.2, 0) is 4.74 Å². The van der Waals surface area contributed by atoms with Crippen LogP contribution < -0.4 is 0 Å². The molecule has 11 heavy (non-hydrogen) atoms. The van der Waals surface area contributed by atoms with Crippen LogP contribution in [0.3, 0.4) is 0 Å². The van der Waals surface area contributed by atoms with Gasteiger partial charge in [0.15, 0.2) is 0 Å². The Kier molecular flexibility index (Phi) is 4.98. The monoisotopic (exact) mass is 154 g/mol. The molecule has 0 aliphatic heterocycles. The number of hydrogen-bond donors (Lipinski definition) is 0. The highest BCUT2D eigenvalue weighted by Crippen LogP contribution is 2.04. The zero-order valence-electron chi connectivity index (χ0n) is 8.03. The lowest BCUT2D eigenvalue weighted by Crippen LogP contribution is -2.19. The molecule has 0 aliphatic carbocycles. The minimum Gasteiger partial charge on any atom is -0.366 e. The van der Waals surface area contributed by atoms with E-state index in [0.29, 0.717) is 0 Å². The summed E-state index contributed by atoms with van der Waals surface area (Å²) < 4.78 is 5.14. The zero-order valence-corrected chi connectivity index (χ0v) is 8.03. The fourth-order valence-electron chi connectivity index (χ4n) is 0.592. The van der Waals surface area contributed by atoms with Gasteiger partial charge in [0, 0.05) is 13.5 Å². The maximum Gasteiger partial charge on any atom is 0.122 e. The van der Waals surface area contributed by atoms with E-state index in [-0.39, 0.29) is 5.60 Å². The van der Waals surface area contributed by atoms with Gasteiger partial charge in [0.25, 0.3) is 0 Å². The van der Waals surface area contributed by atoms with Crippen molar-refractivity contribution in [3.63, 3.8) is 0 Å². The van der Waals surface area contributed by atoms with E-state index in [4.69, 9.17) is 4.74 Å². The second-order valence-corrected chi connectivity index (χ2v) is 3.12. The summed E-state index contributed by atoms with van der Waals surface area (Å²) in [7, 11) is 1.69. The Hall–Kier alpha value is -0.480. The largest absolute Gasteiger partial charge is 0.366 e. The maximum absolute atomic E-state index is 5.14. The van der Waals surface area contributed by atoms with Crippen LogP contribution in [-0.4, -0.2) is 12.7 Å². The Morgan fingerprint density at radius 2 is 2.00 bits per heavy atom. The van der Waals surface area contributed by atoms with Crippen LogP contribution in [0.2, 0.25) is 0 Å². The van der Waals surface area contributed by atoms with Crippen molar-refractivity contribution in [1.29, 1.82) is 0 Å². The van der Waals surface area contributed by atoms with Gasteiger partial charge >= 0.3 is 0 Å². The fraction of sp³-hybridized carbons (Fsp3) is 0.800. The molecule has 0 radical (unpaired) electrons. The first-order valence-electron chi connectivity index (χ1n) is 4.17. The van der Waals surface area contributed by atoms with Crippen LogP contribution in [0.15, 0.2) is 0 Å². The van der Waals surface area contributed by atoms with Gasteiger partial charge in [0.2, 0.25) is 0 Å². The van der Waals surface area contributed by atoms with E-state index < -0.39 is 0 Å². The molecule has 0 fully saturated rings. The van der Waals surface area contributed by atoms with Crippen LogP contribution in [0.5, 0.6) is 0 Å². The van der Waals surface area contributed by atoms with Crippen LogP contribution in [0, 0.1) is 11.8 Å². The van der Waals surface area contributed by atoms with Gasteiger partial charge in [0.05, 0.1) is 0 Å². The van der Waals surface area contributed by atoms with Crippen molar-refractivity contribution in [3.8, 4) is 11.8 Å². The lowest BCUT2D eigenvalue weighted by Gasteiger charge is -2.14. The molecule has 0 amide bonds. The molecule has 0 unspecified atom stereocenters. The summed E-state index contributed by atoms with van der Waals surface area (Å²) in [5.74, 6) is 6.17. The lowest BCUT2D eigenvalue weighted by molar-refractivity contribution is 0.0741. The molecular formula is C10H18O. The predicted molar refractivity (Wildman–Crippen MR) is 48.4 cm³/mol. The molecule has 0 bridgehead atoms. The van der Waals surface area contributed by atoms with Crippen LogP contribution >= 0.6 is 0 Å².